The average Bonchev–Trinajstić information content (AvgIpc) is 3.09. The molecule has 3 rings (SSSR count). The topological polar surface area (TPSA) is 28.7 Å². The van der Waals surface area contributed by atoms with Gasteiger partial charge in [-0.25, -0.2) is 4.98 Å². The molecule has 22 heavy (non-hydrogen) atoms. The zero-order chi connectivity index (χ0) is 15.9. The fraction of sp³-hybridized carbons (Fsp3) is 0.450. The highest BCUT2D eigenvalue weighted by atomic mass is 14.9. The van der Waals surface area contributed by atoms with Gasteiger partial charge in [-0.05, 0) is 47.8 Å². The maximum absolute atomic E-state index is 3.92. The Morgan fingerprint density at radius 2 is 1.77 bits per heavy atom. The Morgan fingerprint density at radius 1 is 1.05 bits per heavy atom. The largest absolute Gasteiger partial charge is 0.348 e. The van der Waals surface area contributed by atoms with Gasteiger partial charge in [0.15, 0.2) is 0 Å². The van der Waals surface area contributed by atoms with E-state index < -0.39 is 0 Å². The molecule has 1 heterocycles. The Morgan fingerprint density at radius 3 is 2.41 bits per heavy atom. The lowest BCUT2D eigenvalue weighted by Gasteiger charge is -2.07. The van der Waals surface area contributed by atoms with Crippen LogP contribution >= 0.6 is 0 Å². The summed E-state index contributed by atoms with van der Waals surface area (Å²) in [5, 5.41) is 0. The van der Waals surface area contributed by atoms with Crippen molar-refractivity contribution in [1.82, 2.24) is 9.97 Å². The van der Waals surface area contributed by atoms with E-state index in [0.29, 0.717) is 5.92 Å². The third-order valence-electron chi connectivity index (χ3n) is 3.74. The molecule has 0 saturated heterocycles. The number of hydrogen-bond donors (Lipinski definition) is 1. The summed E-state index contributed by atoms with van der Waals surface area (Å²) < 4.78 is 0. The third-order valence-corrected chi connectivity index (χ3v) is 3.74. The van der Waals surface area contributed by atoms with Gasteiger partial charge in [0.2, 0.25) is 0 Å². The fourth-order valence-electron chi connectivity index (χ4n) is 2.82. The van der Waals surface area contributed by atoms with Crippen molar-refractivity contribution in [2.24, 2.45) is 11.8 Å². The minimum absolute atomic E-state index is 0.713. The van der Waals surface area contributed by atoms with Crippen LogP contribution in [0.25, 0.3) is 5.57 Å². The molecule has 0 fully saturated rings. The minimum Gasteiger partial charge on any atom is -0.348 e. The van der Waals surface area contributed by atoms with Crippen molar-refractivity contribution in [2.75, 3.05) is 0 Å². The van der Waals surface area contributed by atoms with Gasteiger partial charge in [0.1, 0.15) is 0 Å². The van der Waals surface area contributed by atoms with E-state index in [1.807, 2.05) is 6.20 Å². The van der Waals surface area contributed by atoms with Crippen LogP contribution in [0, 0.1) is 11.8 Å². The van der Waals surface area contributed by atoms with Gasteiger partial charge in [-0.2, -0.15) is 0 Å². The van der Waals surface area contributed by atoms with Crippen LogP contribution < -0.4 is 0 Å². The smallest absolute Gasteiger partial charge is 0.0921 e. The zero-order valence-corrected chi connectivity index (χ0v) is 14.3. The summed E-state index contributed by atoms with van der Waals surface area (Å²) in [5.41, 5.74) is 5.75. The van der Waals surface area contributed by atoms with Crippen LogP contribution in [-0.2, 0) is 12.8 Å². The lowest BCUT2D eigenvalue weighted by atomic mass is 9.98. The molecule has 118 valence electrons. The molecular formula is C20H28N2. The Hall–Kier alpha value is -1.83. The average molecular weight is 296 g/mol. The number of nitrogens with zero attached hydrogens (tertiary/aromatic N) is 1. The van der Waals surface area contributed by atoms with Crippen molar-refractivity contribution in [1.29, 1.82) is 0 Å². The number of rotatable bonds is 4. The Balaban J connectivity index is 0.000000172. The molecule has 2 nitrogen and oxygen atoms in total. The molecule has 1 aromatic carbocycles. The first-order chi connectivity index (χ1) is 10.6. The van der Waals surface area contributed by atoms with Crippen LogP contribution in [0.4, 0.5) is 0 Å². The molecule has 1 N–H and O–H groups in total. The van der Waals surface area contributed by atoms with E-state index in [0.717, 1.165) is 18.8 Å². The monoisotopic (exact) mass is 296 g/mol. The SMILES string of the molecule is CC(C)CC1=CCc2ccccc21.CC(C)Cc1cnc[nH]1. The molecule has 1 aromatic heterocycles. The van der Waals surface area contributed by atoms with Gasteiger partial charge in [0.05, 0.1) is 6.33 Å². The molecule has 0 atom stereocenters. The summed E-state index contributed by atoms with van der Waals surface area (Å²) in [4.78, 5) is 6.98. The highest BCUT2D eigenvalue weighted by Crippen LogP contribution is 2.31. The van der Waals surface area contributed by atoms with E-state index in [1.54, 1.807) is 11.9 Å². The summed E-state index contributed by atoms with van der Waals surface area (Å²) in [6, 6.07) is 8.75. The molecule has 0 spiro atoms. The number of nitrogens with one attached hydrogen (secondary N) is 1. The van der Waals surface area contributed by atoms with E-state index in [-0.39, 0.29) is 0 Å². The first-order valence-electron chi connectivity index (χ1n) is 8.30. The van der Waals surface area contributed by atoms with Gasteiger partial charge < -0.3 is 4.98 Å². The Kier molecular flexibility index (Phi) is 6.00. The molecule has 0 saturated carbocycles. The second-order valence-corrected chi connectivity index (χ2v) is 6.86. The summed E-state index contributed by atoms with van der Waals surface area (Å²) in [6.45, 7) is 8.95. The van der Waals surface area contributed by atoms with Gasteiger partial charge in [-0.1, -0.05) is 58.0 Å². The quantitative estimate of drug-likeness (QED) is 0.817. The molecule has 0 amide bonds. The Labute approximate surface area is 134 Å². The van der Waals surface area contributed by atoms with Gasteiger partial charge in [-0.15, -0.1) is 0 Å². The minimum atomic E-state index is 0.713. The van der Waals surface area contributed by atoms with E-state index in [4.69, 9.17) is 0 Å². The number of benzene rings is 1. The van der Waals surface area contributed by atoms with Crippen molar-refractivity contribution in [3.63, 3.8) is 0 Å². The summed E-state index contributed by atoms with van der Waals surface area (Å²) >= 11 is 0. The lowest BCUT2D eigenvalue weighted by Crippen LogP contribution is -1.92. The van der Waals surface area contributed by atoms with Crippen LogP contribution in [0.1, 0.15) is 50.9 Å². The molecule has 1 aliphatic rings. The van der Waals surface area contributed by atoms with Gasteiger partial charge in [0, 0.05) is 11.9 Å². The third kappa shape index (κ3) is 4.87. The molecule has 2 aromatic rings. The van der Waals surface area contributed by atoms with Gasteiger partial charge in [0.25, 0.3) is 0 Å². The van der Waals surface area contributed by atoms with E-state index >= 15 is 0 Å². The van der Waals surface area contributed by atoms with Crippen LogP contribution in [0.15, 0.2) is 42.9 Å². The van der Waals surface area contributed by atoms with Crippen molar-refractivity contribution < 1.29 is 0 Å². The predicted molar refractivity (Wildman–Crippen MR) is 94.7 cm³/mol. The number of aromatic nitrogens is 2. The molecule has 0 aliphatic heterocycles. The van der Waals surface area contributed by atoms with Crippen LogP contribution in [-0.4, -0.2) is 9.97 Å². The number of aromatic amines is 1. The van der Waals surface area contributed by atoms with Gasteiger partial charge in [-0.3, -0.25) is 0 Å². The summed E-state index contributed by atoms with van der Waals surface area (Å²) in [6.07, 6.45) is 9.43. The van der Waals surface area contributed by atoms with Crippen LogP contribution in [0.5, 0.6) is 0 Å². The molecule has 0 bridgehead atoms. The van der Waals surface area contributed by atoms with E-state index in [9.17, 15) is 0 Å². The standard InChI is InChI=1S/C13H16.C7H12N2/c1-10(2)9-12-8-7-11-5-3-4-6-13(11)12;1-6(2)3-7-4-8-5-9-7/h3-6,8,10H,7,9H2,1-2H3;4-6H,3H2,1-2H3,(H,8,9). The number of fused-ring (bicyclic) bond motifs is 1. The first kappa shape index (κ1) is 16.5. The molecule has 2 heteroatoms. The maximum atomic E-state index is 3.92. The number of imidazole rings is 1. The molecule has 0 unspecified atom stereocenters. The van der Waals surface area contributed by atoms with Crippen molar-refractivity contribution in [2.45, 2.75) is 47.0 Å². The maximum Gasteiger partial charge on any atom is 0.0921 e. The van der Waals surface area contributed by atoms with Crippen LogP contribution in [0.3, 0.4) is 0 Å². The second kappa shape index (κ2) is 7.98. The molecule has 1 aliphatic carbocycles. The lowest BCUT2D eigenvalue weighted by molar-refractivity contribution is 0.637. The number of hydrogen-bond acceptors (Lipinski definition) is 1. The second-order valence-electron chi connectivity index (χ2n) is 6.86. The number of allylic oxidation sites excluding steroid dienone is 2. The van der Waals surface area contributed by atoms with Crippen LogP contribution in [0.2, 0.25) is 0 Å². The predicted octanol–water partition coefficient (Wildman–Crippen LogP) is 5.28. The fourth-order valence-corrected chi connectivity index (χ4v) is 2.82. The van der Waals surface area contributed by atoms with Crippen molar-refractivity contribution >= 4 is 5.57 Å². The first-order valence-corrected chi connectivity index (χ1v) is 8.30. The van der Waals surface area contributed by atoms with E-state index in [1.165, 1.54) is 23.2 Å². The van der Waals surface area contributed by atoms with Gasteiger partial charge >= 0.3 is 0 Å². The van der Waals surface area contributed by atoms with Crippen molar-refractivity contribution in [3.05, 3.63) is 59.7 Å². The normalized spacial score (nSPS) is 12.9. The summed E-state index contributed by atoms with van der Waals surface area (Å²) in [7, 11) is 0. The highest BCUT2D eigenvalue weighted by molar-refractivity contribution is 5.72. The summed E-state index contributed by atoms with van der Waals surface area (Å²) in [5.74, 6) is 1.47. The highest BCUT2D eigenvalue weighted by Gasteiger charge is 2.13. The number of H-pyrrole nitrogens is 1. The Bertz CT molecular complexity index is 592. The molecule has 0 radical (unpaired) electrons. The van der Waals surface area contributed by atoms with Crippen molar-refractivity contribution in [3.8, 4) is 0 Å². The van der Waals surface area contributed by atoms with E-state index in [2.05, 4.69) is 68.0 Å². The molecular weight excluding hydrogens is 268 g/mol. The zero-order valence-electron chi connectivity index (χ0n) is 14.3.